The van der Waals surface area contributed by atoms with Crippen LogP contribution in [0.2, 0.25) is 0 Å². The summed E-state index contributed by atoms with van der Waals surface area (Å²) in [5, 5.41) is 0. The van der Waals surface area contributed by atoms with E-state index in [-0.39, 0.29) is 5.57 Å². The second kappa shape index (κ2) is 37.3. The minimum Gasteiger partial charge on any atom is -0.490 e. The average Bonchev–Trinajstić information content (AvgIpc) is 3.46. The van der Waals surface area contributed by atoms with Crippen molar-refractivity contribution in [1.29, 1.82) is 0 Å². The van der Waals surface area contributed by atoms with Crippen LogP contribution in [0.4, 0.5) is 4.79 Å². The summed E-state index contributed by atoms with van der Waals surface area (Å²) < 4.78 is 26.5. The van der Waals surface area contributed by atoms with Gasteiger partial charge in [0.2, 0.25) is 5.75 Å². The highest BCUT2D eigenvalue weighted by atomic mass is 16.5. The van der Waals surface area contributed by atoms with Crippen LogP contribution in [-0.4, -0.2) is 61.6 Å². The van der Waals surface area contributed by atoms with E-state index in [9.17, 15) is 14.4 Å². The first-order valence-corrected chi connectivity index (χ1v) is 30.5. The number of imide groups is 2. The quantitative estimate of drug-likeness (QED) is 0.0248. The topological polar surface area (TPSA) is 94.6 Å². The van der Waals surface area contributed by atoms with Crippen LogP contribution in [0, 0.1) is 0 Å². The molecule has 1 aliphatic heterocycles. The Bertz CT molecular complexity index is 2250. The number of amides is 4. The van der Waals surface area contributed by atoms with Gasteiger partial charge in [0.05, 0.1) is 19.8 Å². The van der Waals surface area contributed by atoms with E-state index in [4.69, 9.17) is 18.9 Å². The zero-order valence-electron chi connectivity index (χ0n) is 48.5. The molecule has 422 valence electrons. The minimum absolute atomic E-state index is 0.0485. The fourth-order valence-electron chi connectivity index (χ4n) is 10.2. The molecule has 0 radical (unpaired) electrons. The summed E-state index contributed by atoms with van der Waals surface area (Å²) in [6, 6.07) is 27.8. The Morgan fingerprint density at radius 3 is 1.14 bits per heavy atom. The molecule has 4 aromatic rings. The molecule has 5 rings (SSSR count). The summed E-state index contributed by atoms with van der Waals surface area (Å²) >= 11 is 0. The highest BCUT2D eigenvalue weighted by Gasteiger charge is 2.37. The Labute approximate surface area is 465 Å². The number of nitrogens with zero attached hydrogens (tertiary/aromatic N) is 2. The first-order chi connectivity index (χ1) is 37.7. The van der Waals surface area contributed by atoms with E-state index in [0.717, 1.165) is 99.1 Å². The molecule has 0 aliphatic carbocycles. The van der Waals surface area contributed by atoms with Crippen LogP contribution in [0.15, 0.2) is 90.5 Å². The Hall–Kier alpha value is -5.57. The van der Waals surface area contributed by atoms with E-state index in [1.165, 1.54) is 168 Å². The highest BCUT2D eigenvalue weighted by Crippen LogP contribution is 2.40. The zero-order valence-corrected chi connectivity index (χ0v) is 48.5. The third-order valence-electron chi connectivity index (χ3n) is 15.0. The smallest absolute Gasteiger partial charge is 0.333 e. The standard InChI is InChI=1S/C68H98N2O7/c1-6-9-12-15-18-21-24-27-30-35-48-74-63-52-56(53-64(75-49-36-31-28-25-22-19-16-13-10-7-2)65(63)76-50-37-32-29-26-23-20-17-14-11-8-3)54-77-59-46-44-58(45-47-59)61-39-34-33-38-60(61)57-42-40-55(41-43-57)51-62-66(71)69(4)68(73)70(5)67(62)72/h33-34,38-47,51-53H,6-32,35-37,48-50,54H2,1-5H3. The van der Waals surface area contributed by atoms with Crippen LogP contribution in [-0.2, 0) is 16.2 Å². The van der Waals surface area contributed by atoms with Crippen molar-refractivity contribution < 1.29 is 33.3 Å². The molecular weight excluding hydrogens is 957 g/mol. The molecule has 1 heterocycles. The largest absolute Gasteiger partial charge is 0.490 e. The Kier molecular flexibility index (Phi) is 30.2. The first-order valence-electron chi connectivity index (χ1n) is 30.5. The summed E-state index contributed by atoms with van der Waals surface area (Å²) in [4.78, 5) is 39.8. The van der Waals surface area contributed by atoms with Gasteiger partial charge in [-0.15, -0.1) is 0 Å². The van der Waals surface area contributed by atoms with Crippen LogP contribution in [0.5, 0.6) is 23.0 Å². The molecule has 0 N–H and O–H groups in total. The van der Waals surface area contributed by atoms with E-state index in [2.05, 4.69) is 57.2 Å². The molecule has 9 nitrogen and oxygen atoms in total. The molecule has 0 bridgehead atoms. The zero-order chi connectivity index (χ0) is 54.7. The van der Waals surface area contributed by atoms with Crippen molar-refractivity contribution in [3.63, 3.8) is 0 Å². The van der Waals surface area contributed by atoms with Gasteiger partial charge < -0.3 is 18.9 Å². The molecule has 77 heavy (non-hydrogen) atoms. The predicted octanol–water partition coefficient (Wildman–Crippen LogP) is 18.9. The second-order valence-corrected chi connectivity index (χ2v) is 21.6. The lowest BCUT2D eigenvalue weighted by Gasteiger charge is -2.28. The number of benzene rings is 4. The lowest BCUT2D eigenvalue weighted by Crippen LogP contribution is -2.52. The van der Waals surface area contributed by atoms with Gasteiger partial charge in [-0.05, 0) is 83.0 Å². The number of carbonyl (C=O) groups excluding carboxylic acids is 3. The van der Waals surface area contributed by atoms with Gasteiger partial charge in [-0.3, -0.25) is 19.4 Å². The number of rotatable bonds is 42. The van der Waals surface area contributed by atoms with Gasteiger partial charge in [0.15, 0.2) is 11.5 Å². The molecule has 0 atom stereocenters. The molecule has 0 spiro atoms. The van der Waals surface area contributed by atoms with Crippen LogP contribution in [0.25, 0.3) is 28.3 Å². The summed E-state index contributed by atoms with van der Waals surface area (Å²) in [5.41, 5.74) is 5.75. The van der Waals surface area contributed by atoms with Crippen LogP contribution in [0.1, 0.15) is 225 Å². The number of hydrogen-bond acceptors (Lipinski definition) is 7. The maximum atomic E-state index is 12.8. The predicted molar refractivity (Wildman–Crippen MR) is 319 cm³/mol. The van der Waals surface area contributed by atoms with Crippen molar-refractivity contribution in [2.24, 2.45) is 0 Å². The SMILES string of the molecule is CCCCCCCCCCCCOc1cc(COc2ccc(-c3ccccc3-c3ccc(C=C4C(=O)N(C)C(=O)N(C)C4=O)cc3)cc2)cc(OCCCCCCCCCCCC)c1OCCCCCCCCCCCC. The molecule has 9 heteroatoms. The fourth-order valence-corrected chi connectivity index (χ4v) is 10.2. The van der Waals surface area contributed by atoms with Crippen LogP contribution in [0.3, 0.4) is 0 Å². The van der Waals surface area contributed by atoms with Gasteiger partial charge in [-0.1, -0.05) is 255 Å². The van der Waals surface area contributed by atoms with Gasteiger partial charge >= 0.3 is 6.03 Å². The number of ether oxygens (including phenoxy) is 4. The lowest BCUT2D eigenvalue weighted by molar-refractivity contribution is -0.134. The molecular formula is C68H98N2O7. The van der Waals surface area contributed by atoms with Crippen molar-refractivity contribution in [3.8, 4) is 45.3 Å². The molecule has 1 fully saturated rings. The second-order valence-electron chi connectivity index (χ2n) is 21.6. The molecule has 1 saturated heterocycles. The maximum Gasteiger partial charge on any atom is 0.333 e. The summed E-state index contributed by atoms with van der Waals surface area (Å²) in [6.07, 6.45) is 39.8. The number of unbranched alkanes of at least 4 members (excludes halogenated alkanes) is 27. The third-order valence-corrected chi connectivity index (χ3v) is 15.0. The summed E-state index contributed by atoms with van der Waals surface area (Å²) in [6.45, 7) is 9.10. The minimum atomic E-state index is -0.642. The third kappa shape index (κ3) is 22.4. The average molecular weight is 1060 g/mol. The van der Waals surface area contributed by atoms with Crippen molar-refractivity contribution in [2.75, 3.05) is 33.9 Å². The number of likely N-dealkylation sites (N-methyl/N-ethyl adjacent to an activating group) is 2. The molecule has 0 saturated carbocycles. The van der Waals surface area contributed by atoms with E-state index in [1.54, 1.807) is 6.08 Å². The molecule has 1 aliphatic rings. The number of carbonyl (C=O) groups is 3. The Morgan fingerprint density at radius 1 is 0.403 bits per heavy atom. The maximum absolute atomic E-state index is 12.8. The van der Waals surface area contributed by atoms with Gasteiger partial charge in [-0.2, -0.15) is 0 Å². The number of urea groups is 1. The van der Waals surface area contributed by atoms with Crippen molar-refractivity contribution in [2.45, 2.75) is 220 Å². The van der Waals surface area contributed by atoms with Gasteiger partial charge in [-0.25, -0.2) is 4.79 Å². The first kappa shape index (κ1) is 62.3. The summed E-state index contributed by atoms with van der Waals surface area (Å²) in [5.74, 6) is 1.76. The highest BCUT2D eigenvalue weighted by molar-refractivity contribution is 6.30. The molecule has 4 amide bonds. The summed E-state index contributed by atoms with van der Waals surface area (Å²) in [7, 11) is 2.76. The number of hydrogen-bond donors (Lipinski definition) is 0. The van der Waals surface area contributed by atoms with E-state index in [0.29, 0.717) is 32.0 Å². The monoisotopic (exact) mass is 1050 g/mol. The molecule has 0 unspecified atom stereocenters. The van der Waals surface area contributed by atoms with E-state index < -0.39 is 17.8 Å². The van der Waals surface area contributed by atoms with Crippen LogP contribution < -0.4 is 18.9 Å². The van der Waals surface area contributed by atoms with Gasteiger partial charge in [0, 0.05) is 14.1 Å². The van der Waals surface area contributed by atoms with Gasteiger partial charge in [0.25, 0.3) is 11.8 Å². The lowest BCUT2D eigenvalue weighted by atomic mass is 9.94. The van der Waals surface area contributed by atoms with Gasteiger partial charge in [0.1, 0.15) is 17.9 Å². The number of barbiturate groups is 1. The fraction of sp³-hybridized carbons (Fsp3) is 0.574. The van der Waals surface area contributed by atoms with Crippen molar-refractivity contribution in [1.82, 2.24) is 9.80 Å². The normalized spacial score (nSPS) is 12.7. The molecule has 0 aromatic heterocycles. The molecule has 4 aromatic carbocycles. The van der Waals surface area contributed by atoms with E-state index >= 15 is 0 Å². The van der Waals surface area contributed by atoms with Crippen molar-refractivity contribution >= 4 is 23.9 Å². The Balaban J connectivity index is 1.26. The van der Waals surface area contributed by atoms with Crippen LogP contribution >= 0.6 is 0 Å². The Morgan fingerprint density at radius 2 is 0.753 bits per heavy atom. The van der Waals surface area contributed by atoms with Crippen molar-refractivity contribution in [3.05, 3.63) is 102 Å². The van der Waals surface area contributed by atoms with E-state index in [1.807, 2.05) is 48.5 Å².